The van der Waals surface area contributed by atoms with Gasteiger partial charge in [0.25, 0.3) is 0 Å². The third kappa shape index (κ3) is 4.02. The molecule has 0 amide bonds. The first-order valence-corrected chi connectivity index (χ1v) is 7.43. The standard InChI is InChI=1S/C17H22FN3/c1-3-9-19-12-14-13-20-10-8-17(14)21(4-2)16-7-5-6-15(18)11-16/h5-8,10-11,13,19H,3-4,9,12H2,1-2H3. The number of anilines is 2. The van der Waals surface area contributed by atoms with Gasteiger partial charge in [-0.3, -0.25) is 4.98 Å². The molecule has 0 fully saturated rings. The van der Waals surface area contributed by atoms with Crippen LogP contribution in [0.3, 0.4) is 0 Å². The van der Waals surface area contributed by atoms with Crippen LogP contribution in [0.15, 0.2) is 42.7 Å². The monoisotopic (exact) mass is 287 g/mol. The number of aromatic nitrogens is 1. The van der Waals surface area contributed by atoms with E-state index in [9.17, 15) is 4.39 Å². The third-order valence-electron chi connectivity index (χ3n) is 3.35. The van der Waals surface area contributed by atoms with Crippen LogP contribution in [0.2, 0.25) is 0 Å². The van der Waals surface area contributed by atoms with Gasteiger partial charge in [0, 0.05) is 42.4 Å². The van der Waals surface area contributed by atoms with Crippen LogP contribution in [0.1, 0.15) is 25.8 Å². The van der Waals surface area contributed by atoms with E-state index in [1.165, 1.54) is 6.07 Å². The summed E-state index contributed by atoms with van der Waals surface area (Å²) in [5, 5.41) is 3.39. The van der Waals surface area contributed by atoms with Crippen molar-refractivity contribution in [1.29, 1.82) is 0 Å². The normalized spacial score (nSPS) is 10.6. The van der Waals surface area contributed by atoms with Gasteiger partial charge in [0.2, 0.25) is 0 Å². The van der Waals surface area contributed by atoms with Crippen LogP contribution in [0.25, 0.3) is 0 Å². The summed E-state index contributed by atoms with van der Waals surface area (Å²) in [6.45, 7) is 6.72. The second-order valence-electron chi connectivity index (χ2n) is 4.91. The van der Waals surface area contributed by atoms with E-state index in [-0.39, 0.29) is 5.82 Å². The van der Waals surface area contributed by atoms with Crippen molar-refractivity contribution in [3.63, 3.8) is 0 Å². The van der Waals surface area contributed by atoms with Crippen molar-refractivity contribution in [3.8, 4) is 0 Å². The zero-order valence-corrected chi connectivity index (χ0v) is 12.6. The Kier molecular flexibility index (Phi) is 5.69. The molecule has 0 aliphatic rings. The first-order chi connectivity index (χ1) is 10.3. The van der Waals surface area contributed by atoms with Gasteiger partial charge >= 0.3 is 0 Å². The molecule has 0 spiro atoms. The molecule has 0 saturated carbocycles. The Hall–Kier alpha value is -1.94. The molecular formula is C17H22FN3. The van der Waals surface area contributed by atoms with E-state index >= 15 is 0 Å². The minimum Gasteiger partial charge on any atom is -0.341 e. The molecule has 0 aliphatic heterocycles. The molecule has 0 atom stereocenters. The maximum atomic E-state index is 13.5. The first-order valence-electron chi connectivity index (χ1n) is 7.43. The molecule has 0 bridgehead atoms. The second-order valence-corrected chi connectivity index (χ2v) is 4.91. The van der Waals surface area contributed by atoms with Gasteiger partial charge in [0.05, 0.1) is 0 Å². The summed E-state index contributed by atoms with van der Waals surface area (Å²) in [5.41, 5.74) is 3.05. The molecule has 21 heavy (non-hydrogen) atoms. The summed E-state index contributed by atoms with van der Waals surface area (Å²) in [6.07, 6.45) is 4.75. The van der Waals surface area contributed by atoms with Crippen molar-refractivity contribution < 1.29 is 4.39 Å². The van der Waals surface area contributed by atoms with Gasteiger partial charge in [-0.15, -0.1) is 0 Å². The summed E-state index contributed by atoms with van der Waals surface area (Å²) < 4.78 is 13.5. The lowest BCUT2D eigenvalue weighted by atomic mass is 10.1. The Balaban J connectivity index is 2.29. The average Bonchev–Trinajstić information content (AvgIpc) is 2.50. The van der Waals surface area contributed by atoms with E-state index in [4.69, 9.17) is 0 Å². The van der Waals surface area contributed by atoms with Crippen molar-refractivity contribution >= 4 is 11.4 Å². The van der Waals surface area contributed by atoms with Crippen LogP contribution in [-0.4, -0.2) is 18.1 Å². The summed E-state index contributed by atoms with van der Waals surface area (Å²) in [4.78, 5) is 6.32. The van der Waals surface area contributed by atoms with Gasteiger partial charge in [0.15, 0.2) is 0 Å². The summed E-state index contributed by atoms with van der Waals surface area (Å²) in [5.74, 6) is -0.217. The number of hydrogen-bond acceptors (Lipinski definition) is 3. The Bertz CT molecular complexity index is 571. The highest BCUT2D eigenvalue weighted by atomic mass is 19.1. The fourth-order valence-corrected chi connectivity index (χ4v) is 2.36. The Labute approximate surface area is 125 Å². The first kappa shape index (κ1) is 15.4. The molecule has 0 saturated heterocycles. The third-order valence-corrected chi connectivity index (χ3v) is 3.35. The fraction of sp³-hybridized carbons (Fsp3) is 0.353. The quantitative estimate of drug-likeness (QED) is 0.783. The zero-order valence-electron chi connectivity index (χ0n) is 12.6. The number of benzene rings is 1. The second kappa shape index (κ2) is 7.74. The molecule has 1 aromatic heterocycles. The number of pyridine rings is 1. The lowest BCUT2D eigenvalue weighted by Gasteiger charge is -2.25. The molecule has 1 N–H and O–H groups in total. The van der Waals surface area contributed by atoms with Crippen molar-refractivity contribution in [2.45, 2.75) is 26.8 Å². The molecule has 112 valence electrons. The van der Waals surface area contributed by atoms with Crippen LogP contribution < -0.4 is 10.2 Å². The topological polar surface area (TPSA) is 28.2 Å². The van der Waals surface area contributed by atoms with Crippen molar-refractivity contribution in [3.05, 3.63) is 54.1 Å². The largest absolute Gasteiger partial charge is 0.341 e. The van der Waals surface area contributed by atoms with Crippen LogP contribution in [0.4, 0.5) is 15.8 Å². The zero-order chi connectivity index (χ0) is 15.1. The molecule has 0 radical (unpaired) electrons. The number of nitrogens with one attached hydrogen (secondary N) is 1. The highest BCUT2D eigenvalue weighted by Gasteiger charge is 2.12. The van der Waals surface area contributed by atoms with E-state index in [0.717, 1.165) is 43.0 Å². The Morgan fingerprint density at radius 2 is 2.10 bits per heavy atom. The van der Waals surface area contributed by atoms with Crippen LogP contribution in [-0.2, 0) is 6.54 Å². The fourth-order valence-electron chi connectivity index (χ4n) is 2.36. The Morgan fingerprint density at radius 1 is 1.24 bits per heavy atom. The smallest absolute Gasteiger partial charge is 0.125 e. The maximum absolute atomic E-state index is 13.5. The van der Waals surface area contributed by atoms with Crippen LogP contribution >= 0.6 is 0 Å². The van der Waals surface area contributed by atoms with Gasteiger partial charge in [0.1, 0.15) is 5.82 Å². The lowest BCUT2D eigenvalue weighted by molar-refractivity contribution is 0.627. The predicted molar refractivity (Wildman–Crippen MR) is 85.3 cm³/mol. The van der Waals surface area contributed by atoms with E-state index in [1.807, 2.05) is 18.3 Å². The number of hydrogen-bond donors (Lipinski definition) is 1. The number of nitrogens with zero attached hydrogens (tertiary/aromatic N) is 2. The molecule has 0 aliphatic carbocycles. The van der Waals surface area contributed by atoms with Crippen molar-refractivity contribution in [1.82, 2.24) is 10.3 Å². The molecule has 1 heterocycles. The summed E-state index contributed by atoms with van der Waals surface area (Å²) >= 11 is 0. The van der Waals surface area contributed by atoms with E-state index in [1.54, 1.807) is 18.3 Å². The summed E-state index contributed by atoms with van der Waals surface area (Å²) in [6, 6.07) is 8.68. The van der Waals surface area contributed by atoms with Crippen LogP contribution in [0.5, 0.6) is 0 Å². The number of halogens is 1. The van der Waals surface area contributed by atoms with Gasteiger partial charge in [-0.1, -0.05) is 13.0 Å². The van der Waals surface area contributed by atoms with Crippen LogP contribution in [0, 0.1) is 5.82 Å². The molecule has 2 aromatic rings. The van der Waals surface area contributed by atoms with Crippen molar-refractivity contribution in [2.75, 3.05) is 18.0 Å². The van der Waals surface area contributed by atoms with Gasteiger partial charge in [-0.2, -0.15) is 0 Å². The minimum atomic E-state index is -0.217. The van der Waals surface area contributed by atoms with Gasteiger partial charge in [-0.25, -0.2) is 4.39 Å². The average molecular weight is 287 g/mol. The highest BCUT2D eigenvalue weighted by Crippen LogP contribution is 2.28. The van der Waals surface area contributed by atoms with E-state index in [0.29, 0.717) is 0 Å². The molecular weight excluding hydrogens is 265 g/mol. The van der Waals surface area contributed by atoms with E-state index in [2.05, 4.69) is 29.0 Å². The highest BCUT2D eigenvalue weighted by molar-refractivity contribution is 5.65. The molecule has 2 rings (SSSR count). The van der Waals surface area contributed by atoms with Crippen molar-refractivity contribution in [2.24, 2.45) is 0 Å². The summed E-state index contributed by atoms with van der Waals surface area (Å²) in [7, 11) is 0. The van der Waals surface area contributed by atoms with E-state index < -0.39 is 0 Å². The SMILES string of the molecule is CCCNCc1cnccc1N(CC)c1cccc(F)c1. The van der Waals surface area contributed by atoms with Gasteiger partial charge in [-0.05, 0) is 44.2 Å². The number of rotatable bonds is 7. The maximum Gasteiger partial charge on any atom is 0.125 e. The Morgan fingerprint density at radius 3 is 2.81 bits per heavy atom. The minimum absolute atomic E-state index is 0.217. The molecule has 0 unspecified atom stereocenters. The van der Waals surface area contributed by atoms with Gasteiger partial charge < -0.3 is 10.2 Å². The predicted octanol–water partition coefficient (Wildman–Crippen LogP) is 3.88. The molecule has 1 aromatic carbocycles. The molecule has 3 nitrogen and oxygen atoms in total. The molecule has 4 heteroatoms. The lowest BCUT2D eigenvalue weighted by Crippen LogP contribution is -2.21.